The summed E-state index contributed by atoms with van der Waals surface area (Å²) < 4.78 is 10.6. The van der Waals surface area contributed by atoms with E-state index in [1.165, 1.54) is 11.3 Å². The standard InChI is InChI=1S/C18H18N2O4S/c21-17(13-4-5-14-15(11-13)24-12-23-14)19-6-2-7-20(9-8-19)18(22)16-3-1-10-25-16/h1,3-5,10-11H,2,6-9,12H2. The lowest BCUT2D eigenvalue weighted by Gasteiger charge is -2.22. The van der Waals surface area contributed by atoms with E-state index in [4.69, 9.17) is 9.47 Å². The number of thiophene rings is 1. The van der Waals surface area contributed by atoms with E-state index < -0.39 is 0 Å². The molecule has 2 amide bonds. The third-order valence-electron chi connectivity index (χ3n) is 4.42. The molecule has 4 rings (SSSR count). The van der Waals surface area contributed by atoms with Crippen molar-refractivity contribution in [1.82, 2.24) is 9.80 Å². The lowest BCUT2D eigenvalue weighted by molar-refractivity contribution is 0.0721. The summed E-state index contributed by atoms with van der Waals surface area (Å²) in [4.78, 5) is 29.7. The predicted octanol–water partition coefficient (Wildman–Crippen LogP) is 2.47. The normalized spacial score (nSPS) is 16.6. The van der Waals surface area contributed by atoms with Crippen LogP contribution >= 0.6 is 11.3 Å². The summed E-state index contributed by atoms with van der Waals surface area (Å²) in [5, 5.41) is 1.90. The van der Waals surface area contributed by atoms with Gasteiger partial charge in [-0.15, -0.1) is 11.3 Å². The number of ether oxygens (including phenoxy) is 2. The van der Waals surface area contributed by atoms with Gasteiger partial charge >= 0.3 is 0 Å². The Morgan fingerprint density at radius 1 is 0.920 bits per heavy atom. The Morgan fingerprint density at radius 2 is 1.68 bits per heavy atom. The molecule has 0 N–H and O–H groups in total. The van der Waals surface area contributed by atoms with E-state index in [2.05, 4.69) is 0 Å². The number of rotatable bonds is 2. The maximum absolute atomic E-state index is 12.8. The first-order chi connectivity index (χ1) is 12.2. The SMILES string of the molecule is O=C(c1ccc2c(c1)OCO2)N1CCCN(C(=O)c2cccs2)CC1. The Hall–Kier alpha value is -2.54. The summed E-state index contributed by atoms with van der Waals surface area (Å²) in [5.74, 6) is 1.28. The fourth-order valence-corrected chi connectivity index (χ4v) is 3.78. The van der Waals surface area contributed by atoms with Gasteiger partial charge in [-0.1, -0.05) is 6.07 Å². The van der Waals surface area contributed by atoms with Gasteiger partial charge in [0.15, 0.2) is 11.5 Å². The molecule has 2 aromatic rings. The van der Waals surface area contributed by atoms with Crippen LogP contribution in [0.2, 0.25) is 0 Å². The maximum atomic E-state index is 12.8. The van der Waals surface area contributed by atoms with Gasteiger partial charge in [0.25, 0.3) is 11.8 Å². The smallest absolute Gasteiger partial charge is 0.263 e. The van der Waals surface area contributed by atoms with Crippen molar-refractivity contribution in [3.8, 4) is 11.5 Å². The molecule has 2 aliphatic heterocycles. The van der Waals surface area contributed by atoms with E-state index in [9.17, 15) is 9.59 Å². The molecule has 1 aromatic carbocycles. The molecule has 1 fully saturated rings. The van der Waals surface area contributed by atoms with E-state index in [1.54, 1.807) is 23.1 Å². The number of nitrogens with zero attached hydrogens (tertiary/aromatic N) is 2. The van der Waals surface area contributed by atoms with Crippen LogP contribution in [0, 0.1) is 0 Å². The second kappa shape index (κ2) is 6.76. The number of fused-ring (bicyclic) bond motifs is 1. The van der Waals surface area contributed by atoms with Crippen LogP contribution < -0.4 is 9.47 Å². The molecule has 0 bridgehead atoms. The second-order valence-corrected chi connectivity index (χ2v) is 6.93. The van der Waals surface area contributed by atoms with E-state index >= 15 is 0 Å². The van der Waals surface area contributed by atoms with Gasteiger partial charge in [-0.2, -0.15) is 0 Å². The van der Waals surface area contributed by atoms with Crippen molar-refractivity contribution in [1.29, 1.82) is 0 Å². The number of amides is 2. The maximum Gasteiger partial charge on any atom is 0.263 e. The molecule has 1 saturated heterocycles. The molecule has 7 heteroatoms. The molecule has 25 heavy (non-hydrogen) atoms. The molecule has 0 spiro atoms. The molecule has 0 radical (unpaired) electrons. The summed E-state index contributed by atoms with van der Waals surface area (Å²) >= 11 is 1.45. The van der Waals surface area contributed by atoms with Crippen LogP contribution in [0.3, 0.4) is 0 Å². The highest BCUT2D eigenvalue weighted by Crippen LogP contribution is 2.32. The van der Waals surface area contributed by atoms with Gasteiger partial charge in [0.1, 0.15) is 0 Å². The third kappa shape index (κ3) is 3.19. The number of carbonyl (C=O) groups is 2. The average molecular weight is 358 g/mol. The van der Waals surface area contributed by atoms with Crippen molar-refractivity contribution in [2.45, 2.75) is 6.42 Å². The van der Waals surface area contributed by atoms with Crippen LogP contribution in [-0.4, -0.2) is 54.6 Å². The Bertz CT molecular complexity index is 790. The number of benzene rings is 1. The van der Waals surface area contributed by atoms with Crippen LogP contribution in [0.15, 0.2) is 35.7 Å². The van der Waals surface area contributed by atoms with Crippen LogP contribution in [0.1, 0.15) is 26.5 Å². The zero-order chi connectivity index (χ0) is 17.2. The molecule has 0 saturated carbocycles. The zero-order valence-electron chi connectivity index (χ0n) is 13.6. The van der Waals surface area contributed by atoms with Gasteiger partial charge in [-0.05, 0) is 36.1 Å². The summed E-state index contributed by atoms with van der Waals surface area (Å²) in [6.45, 7) is 2.58. The predicted molar refractivity (Wildman–Crippen MR) is 93.3 cm³/mol. The summed E-state index contributed by atoms with van der Waals surface area (Å²) in [7, 11) is 0. The van der Waals surface area contributed by atoms with E-state index in [0.717, 1.165) is 11.3 Å². The minimum atomic E-state index is -0.0382. The average Bonchev–Trinajstić information content (AvgIpc) is 3.27. The Morgan fingerprint density at radius 3 is 2.44 bits per heavy atom. The van der Waals surface area contributed by atoms with Gasteiger partial charge in [-0.25, -0.2) is 0 Å². The molecular weight excluding hydrogens is 340 g/mol. The van der Waals surface area contributed by atoms with E-state index in [1.807, 2.05) is 22.4 Å². The first-order valence-electron chi connectivity index (χ1n) is 8.24. The second-order valence-electron chi connectivity index (χ2n) is 5.98. The zero-order valence-corrected chi connectivity index (χ0v) is 14.5. The monoisotopic (exact) mass is 358 g/mol. The highest BCUT2D eigenvalue weighted by molar-refractivity contribution is 7.12. The summed E-state index contributed by atoms with van der Waals surface area (Å²) in [6, 6.07) is 8.97. The third-order valence-corrected chi connectivity index (χ3v) is 5.28. The van der Waals surface area contributed by atoms with Crippen molar-refractivity contribution in [2.24, 2.45) is 0 Å². The van der Waals surface area contributed by atoms with Crippen molar-refractivity contribution in [3.63, 3.8) is 0 Å². The van der Waals surface area contributed by atoms with Gasteiger partial charge in [-0.3, -0.25) is 9.59 Å². The Labute approximate surface area is 149 Å². The van der Waals surface area contributed by atoms with Crippen LogP contribution in [0.5, 0.6) is 11.5 Å². The lowest BCUT2D eigenvalue weighted by atomic mass is 10.1. The van der Waals surface area contributed by atoms with Crippen LogP contribution in [0.25, 0.3) is 0 Å². The minimum absolute atomic E-state index is 0.0382. The number of hydrogen-bond acceptors (Lipinski definition) is 5. The number of hydrogen-bond donors (Lipinski definition) is 0. The lowest BCUT2D eigenvalue weighted by Crippen LogP contribution is -2.37. The quantitative estimate of drug-likeness (QED) is 0.827. The number of carbonyl (C=O) groups excluding carboxylic acids is 2. The molecule has 2 aliphatic rings. The Kier molecular flexibility index (Phi) is 4.31. The van der Waals surface area contributed by atoms with Crippen LogP contribution in [0.4, 0.5) is 0 Å². The van der Waals surface area contributed by atoms with Crippen molar-refractivity contribution in [2.75, 3.05) is 33.0 Å². The molecule has 0 unspecified atom stereocenters. The molecule has 6 nitrogen and oxygen atoms in total. The van der Waals surface area contributed by atoms with Gasteiger partial charge in [0, 0.05) is 31.7 Å². The molecule has 1 aromatic heterocycles. The molecule has 3 heterocycles. The van der Waals surface area contributed by atoms with Crippen molar-refractivity contribution in [3.05, 3.63) is 46.2 Å². The van der Waals surface area contributed by atoms with Gasteiger partial charge in [0.05, 0.1) is 4.88 Å². The van der Waals surface area contributed by atoms with Crippen molar-refractivity contribution >= 4 is 23.2 Å². The van der Waals surface area contributed by atoms with Crippen LogP contribution in [-0.2, 0) is 0 Å². The van der Waals surface area contributed by atoms with Gasteiger partial charge in [0.2, 0.25) is 6.79 Å². The first-order valence-corrected chi connectivity index (χ1v) is 9.12. The highest BCUT2D eigenvalue weighted by Gasteiger charge is 2.25. The van der Waals surface area contributed by atoms with Crippen molar-refractivity contribution < 1.29 is 19.1 Å². The Balaban J connectivity index is 1.44. The largest absolute Gasteiger partial charge is 0.454 e. The topological polar surface area (TPSA) is 59.1 Å². The summed E-state index contributed by atoms with van der Waals surface area (Å²) in [6.07, 6.45) is 0.771. The highest BCUT2D eigenvalue weighted by atomic mass is 32.1. The summed E-state index contributed by atoms with van der Waals surface area (Å²) in [5.41, 5.74) is 0.585. The molecule has 0 atom stereocenters. The molecule has 130 valence electrons. The van der Waals surface area contributed by atoms with Gasteiger partial charge < -0.3 is 19.3 Å². The first kappa shape index (κ1) is 16.0. The molecule has 0 aliphatic carbocycles. The fourth-order valence-electron chi connectivity index (χ4n) is 3.09. The van der Waals surface area contributed by atoms with E-state index in [0.29, 0.717) is 43.2 Å². The molecular formula is C18H18N2O4S. The fraction of sp³-hybridized carbons (Fsp3) is 0.333. The van der Waals surface area contributed by atoms with E-state index in [-0.39, 0.29) is 18.6 Å². The minimum Gasteiger partial charge on any atom is -0.454 e.